The average Bonchev–Trinajstić information content (AvgIpc) is 2.56. The van der Waals surface area contributed by atoms with Gasteiger partial charge in [0.1, 0.15) is 0 Å². The Morgan fingerprint density at radius 1 is 1.27 bits per heavy atom. The lowest BCUT2D eigenvalue weighted by Crippen LogP contribution is -1.84. The molecule has 0 heterocycles. The summed E-state index contributed by atoms with van der Waals surface area (Å²) in [4.78, 5) is 10.1. The van der Waals surface area contributed by atoms with Gasteiger partial charge in [-0.15, -0.1) is 0 Å². The van der Waals surface area contributed by atoms with Crippen molar-refractivity contribution in [2.24, 2.45) is 0 Å². The van der Waals surface area contributed by atoms with Gasteiger partial charge in [0.25, 0.3) is 0 Å². The van der Waals surface area contributed by atoms with E-state index >= 15 is 0 Å². The standard InChI is InChI=1S/C9H6O2/c10-9(11)2-1-6-3-7-5-8(7)4-6/h1-5H,(H,10,11). The molecular formula is C9H6O2. The van der Waals surface area contributed by atoms with Crippen LogP contribution in [0.4, 0.5) is 0 Å². The molecule has 0 atom stereocenters. The molecule has 2 aliphatic carbocycles. The number of carboxylic acids is 1. The number of hydrogen-bond acceptors (Lipinski definition) is 1. The Labute approximate surface area is 63.8 Å². The van der Waals surface area contributed by atoms with E-state index in [9.17, 15) is 4.79 Å². The van der Waals surface area contributed by atoms with Crippen molar-refractivity contribution >= 4 is 12.0 Å². The summed E-state index contributed by atoms with van der Waals surface area (Å²) in [7, 11) is 0. The largest absolute Gasteiger partial charge is 0.478 e. The van der Waals surface area contributed by atoms with Crippen LogP contribution in [0.25, 0.3) is 17.2 Å². The summed E-state index contributed by atoms with van der Waals surface area (Å²) in [5.74, 6) is -0.904. The Morgan fingerprint density at radius 2 is 1.91 bits per heavy atom. The first-order valence-corrected chi connectivity index (χ1v) is 3.32. The first-order valence-electron chi connectivity index (χ1n) is 3.32. The third kappa shape index (κ3) is 1.15. The fourth-order valence-corrected chi connectivity index (χ4v) is 1.05. The number of fused-ring (bicyclic) bond motifs is 1. The van der Waals surface area contributed by atoms with Crippen molar-refractivity contribution in [3.05, 3.63) is 29.8 Å². The number of rotatable bonds is 2. The molecule has 1 N–H and O–H groups in total. The fourth-order valence-electron chi connectivity index (χ4n) is 1.05. The second-order valence-electron chi connectivity index (χ2n) is 2.52. The summed E-state index contributed by atoms with van der Waals surface area (Å²) >= 11 is 0. The summed E-state index contributed by atoms with van der Waals surface area (Å²) in [6, 6.07) is 5.99. The van der Waals surface area contributed by atoms with Crippen molar-refractivity contribution in [2.45, 2.75) is 0 Å². The minimum Gasteiger partial charge on any atom is -0.478 e. The van der Waals surface area contributed by atoms with E-state index in [1.807, 2.05) is 12.1 Å². The summed E-state index contributed by atoms with van der Waals surface area (Å²) in [6.07, 6.45) is 2.75. The Hall–Kier alpha value is -1.57. The van der Waals surface area contributed by atoms with Crippen molar-refractivity contribution in [1.29, 1.82) is 0 Å². The highest BCUT2D eigenvalue weighted by Gasteiger charge is 2.12. The van der Waals surface area contributed by atoms with Crippen molar-refractivity contribution < 1.29 is 9.90 Å². The minimum absolute atomic E-state index is 0.904. The minimum atomic E-state index is -0.904. The van der Waals surface area contributed by atoms with Crippen LogP contribution in [0.2, 0.25) is 0 Å². The molecule has 0 aliphatic heterocycles. The summed E-state index contributed by atoms with van der Waals surface area (Å²) in [5, 5.41) is 8.30. The highest BCUT2D eigenvalue weighted by atomic mass is 16.4. The van der Waals surface area contributed by atoms with Gasteiger partial charge in [0, 0.05) is 6.08 Å². The van der Waals surface area contributed by atoms with Gasteiger partial charge < -0.3 is 5.11 Å². The van der Waals surface area contributed by atoms with Crippen molar-refractivity contribution in [3.8, 4) is 11.1 Å². The van der Waals surface area contributed by atoms with Crippen LogP contribution in [0, 0.1) is 0 Å². The topological polar surface area (TPSA) is 37.3 Å². The highest BCUT2D eigenvalue weighted by Crippen LogP contribution is 2.36. The molecule has 0 aromatic carbocycles. The number of hydrogen-bond donors (Lipinski definition) is 1. The van der Waals surface area contributed by atoms with Gasteiger partial charge in [-0.1, -0.05) is 0 Å². The van der Waals surface area contributed by atoms with E-state index in [0.717, 1.165) is 11.6 Å². The summed E-state index contributed by atoms with van der Waals surface area (Å²) < 4.78 is 0. The van der Waals surface area contributed by atoms with E-state index in [1.165, 1.54) is 11.1 Å². The Morgan fingerprint density at radius 3 is 2.45 bits per heavy atom. The quantitative estimate of drug-likeness (QED) is 0.655. The predicted molar refractivity (Wildman–Crippen MR) is 42.1 cm³/mol. The first kappa shape index (κ1) is 6.16. The van der Waals surface area contributed by atoms with Crippen molar-refractivity contribution in [3.63, 3.8) is 0 Å². The molecule has 2 nitrogen and oxygen atoms in total. The highest BCUT2D eigenvalue weighted by molar-refractivity contribution is 5.89. The molecule has 0 spiro atoms. The van der Waals surface area contributed by atoms with Crippen LogP contribution in [0.5, 0.6) is 0 Å². The van der Waals surface area contributed by atoms with Crippen LogP contribution in [0.1, 0.15) is 5.56 Å². The van der Waals surface area contributed by atoms with Crippen LogP contribution in [-0.4, -0.2) is 11.1 Å². The van der Waals surface area contributed by atoms with Gasteiger partial charge in [-0.05, 0) is 41.0 Å². The number of carboxylic acid groups (broad SMARTS) is 1. The predicted octanol–water partition coefficient (Wildman–Crippen LogP) is 1.76. The average molecular weight is 146 g/mol. The normalized spacial score (nSPS) is 12.0. The molecule has 0 saturated heterocycles. The molecule has 0 aromatic heterocycles. The summed E-state index contributed by atoms with van der Waals surface area (Å²) in [5.41, 5.74) is 3.44. The van der Waals surface area contributed by atoms with Gasteiger partial charge >= 0.3 is 5.97 Å². The first-order chi connectivity index (χ1) is 5.25. The monoisotopic (exact) mass is 146 g/mol. The van der Waals surface area contributed by atoms with Gasteiger partial charge in [0.15, 0.2) is 0 Å². The summed E-state index contributed by atoms with van der Waals surface area (Å²) in [6.45, 7) is 0. The van der Waals surface area contributed by atoms with Gasteiger partial charge in [0.05, 0.1) is 0 Å². The number of benzene rings is 1. The SMILES string of the molecule is O=C(O)C=Cc1cc2cc-2c1. The van der Waals surface area contributed by atoms with Gasteiger partial charge in [-0.25, -0.2) is 4.79 Å². The maximum atomic E-state index is 10.1. The lowest BCUT2D eigenvalue weighted by Gasteiger charge is -1.80. The molecule has 0 unspecified atom stereocenters. The number of aliphatic carboxylic acids is 1. The van der Waals surface area contributed by atoms with E-state index in [-0.39, 0.29) is 0 Å². The molecule has 2 heteroatoms. The van der Waals surface area contributed by atoms with Gasteiger partial charge in [-0.2, -0.15) is 0 Å². The van der Waals surface area contributed by atoms with E-state index in [0.29, 0.717) is 0 Å². The molecular weight excluding hydrogens is 140 g/mol. The van der Waals surface area contributed by atoms with Crippen molar-refractivity contribution in [1.82, 2.24) is 0 Å². The molecule has 0 bridgehead atoms. The molecule has 0 amide bonds. The third-order valence-corrected chi connectivity index (χ3v) is 1.62. The van der Waals surface area contributed by atoms with E-state index in [2.05, 4.69) is 6.07 Å². The van der Waals surface area contributed by atoms with Crippen LogP contribution in [-0.2, 0) is 4.79 Å². The number of carbonyl (C=O) groups is 1. The smallest absolute Gasteiger partial charge is 0.328 e. The van der Waals surface area contributed by atoms with Gasteiger partial charge in [0.2, 0.25) is 0 Å². The zero-order valence-electron chi connectivity index (χ0n) is 5.74. The Kier molecular flexibility index (Phi) is 1.09. The van der Waals surface area contributed by atoms with E-state index < -0.39 is 5.97 Å². The zero-order valence-corrected chi connectivity index (χ0v) is 5.74. The molecule has 2 rings (SSSR count). The Bertz CT molecular complexity index is 330. The maximum absolute atomic E-state index is 10.1. The lowest BCUT2D eigenvalue weighted by molar-refractivity contribution is -0.131. The van der Waals surface area contributed by atoms with E-state index in [4.69, 9.17) is 5.11 Å². The van der Waals surface area contributed by atoms with E-state index in [1.54, 1.807) is 6.08 Å². The molecule has 0 saturated carbocycles. The second-order valence-corrected chi connectivity index (χ2v) is 2.52. The van der Waals surface area contributed by atoms with Crippen LogP contribution in [0.3, 0.4) is 0 Å². The van der Waals surface area contributed by atoms with Crippen LogP contribution in [0.15, 0.2) is 24.3 Å². The zero-order chi connectivity index (χ0) is 7.84. The molecule has 0 radical (unpaired) electrons. The fraction of sp³-hybridized carbons (Fsp3) is 0. The Balaban J connectivity index is 2.17. The lowest BCUT2D eigenvalue weighted by atomic mass is 10.3. The van der Waals surface area contributed by atoms with Crippen LogP contribution >= 0.6 is 0 Å². The third-order valence-electron chi connectivity index (χ3n) is 1.62. The van der Waals surface area contributed by atoms with Crippen molar-refractivity contribution in [2.75, 3.05) is 0 Å². The van der Waals surface area contributed by atoms with Gasteiger partial charge in [-0.3, -0.25) is 0 Å². The molecule has 11 heavy (non-hydrogen) atoms. The van der Waals surface area contributed by atoms with Crippen LogP contribution < -0.4 is 0 Å². The molecule has 0 aromatic rings. The maximum Gasteiger partial charge on any atom is 0.328 e. The molecule has 2 aliphatic rings. The molecule has 54 valence electrons. The second kappa shape index (κ2) is 1.95. The molecule has 0 fully saturated rings.